The summed E-state index contributed by atoms with van der Waals surface area (Å²) in [6.45, 7) is 4.63. The van der Waals surface area contributed by atoms with Gasteiger partial charge in [-0.25, -0.2) is 0 Å². The second-order valence-corrected chi connectivity index (χ2v) is 6.95. The van der Waals surface area contributed by atoms with Crippen LogP contribution in [0.15, 0.2) is 66.7 Å². The van der Waals surface area contributed by atoms with Crippen LogP contribution >= 0.6 is 0 Å². The molecule has 1 atom stereocenters. The minimum Gasteiger partial charge on any atom is -0.0648 e. The Morgan fingerprint density at radius 3 is 1.88 bits per heavy atom. The molecule has 5 aromatic rings. The average molecular weight is 308 g/mol. The van der Waals surface area contributed by atoms with Crippen molar-refractivity contribution in [1.82, 2.24) is 0 Å². The van der Waals surface area contributed by atoms with Gasteiger partial charge < -0.3 is 0 Å². The van der Waals surface area contributed by atoms with E-state index >= 15 is 0 Å². The van der Waals surface area contributed by atoms with E-state index in [0.717, 1.165) is 6.42 Å². The lowest BCUT2D eigenvalue weighted by atomic mass is 9.84. The Balaban J connectivity index is 2.19. The lowest BCUT2D eigenvalue weighted by molar-refractivity contribution is 0.740. The molecule has 0 aliphatic heterocycles. The summed E-state index contributed by atoms with van der Waals surface area (Å²) in [5, 5.41) is 11.2. The van der Waals surface area contributed by atoms with E-state index in [1.165, 1.54) is 48.7 Å². The predicted molar refractivity (Wildman–Crippen MR) is 106 cm³/mol. The maximum absolute atomic E-state index is 2.35. The molecule has 116 valence electrons. The fraction of sp³-hybridized carbons (Fsp3) is 0.167. The fourth-order valence-corrected chi connectivity index (χ4v) is 4.31. The zero-order valence-electron chi connectivity index (χ0n) is 14.1. The number of benzene rings is 5. The van der Waals surface area contributed by atoms with Crippen LogP contribution in [0.4, 0.5) is 0 Å². The molecule has 0 heterocycles. The topological polar surface area (TPSA) is 0 Å². The maximum atomic E-state index is 2.35. The Labute approximate surface area is 142 Å². The molecule has 0 fully saturated rings. The number of hydrogen-bond donors (Lipinski definition) is 0. The maximum Gasteiger partial charge on any atom is -0.00235 e. The highest BCUT2D eigenvalue weighted by molar-refractivity contribution is 6.33. The molecular formula is C24H20. The molecule has 0 spiro atoms. The molecule has 0 amide bonds. The van der Waals surface area contributed by atoms with Crippen LogP contribution in [0.1, 0.15) is 31.7 Å². The minimum atomic E-state index is 0.568. The molecule has 0 radical (unpaired) electrons. The van der Waals surface area contributed by atoms with Gasteiger partial charge in [0.05, 0.1) is 0 Å². The van der Waals surface area contributed by atoms with E-state index in [9.17, 15) is 0 Å². The third-order valence-corrected chi connectivity index (χ3v) is 5.69. The first-order valence-electron chi connectivity index (χ1n) is 8.87. The molecule has 0 N–H and O–H groups in total. The van der Waals surface area contributed by atoms with Crippen LogP contribution in [0.2, 0.25) is 0 Å². The van der Waals surface area contributed by atoms with Crippen LogP contribution in [0, 0.1) is 0 Å². The van der Waals surface area contributed by atoms with Crippen molar-refractivity contribution in [2.45, 2.75) is 26.2 Å². The summed E-state index contributed by atoms with van der Waals surface area (Å²) in [5.74, 6) is 0.568. The van der Waals surface area contributed by atoms with Gasteiger partial charge in [0.25, 0.3) is 0 Å². The van der Waals surface area contributed by atoms with Crippen molar-refractivity contribution in [3.8, 4) is 0 Å². The van der Waals surface area contributed by atoms with Gasteiger partial charge in [0, 0.05) is 0 Å². The molecule has 0 aromatic heterocycles. The molecule has 0 bridgehead atoms. The summed E-state index contributed by atoms with van der Waals surface area (Å²) >= 11 is 0. The van der Waals surface area contributed by atoms with E-state index in [1.54, 1.807) is 0 Å². The number of fused-ring (bicyclic) bond motifs is 2. The lowest BCUT2D eigenvalue weighted by Crippen LogP contribution is -1.96. The van der Waals surface area contributed by atoms with Crippen molar-refractivity contribution in [1.29, 1.82) is 0 Å². The van der Waals surface area contributed by atoms with Crippen LogP contribution in [-0.2, 0) is 0 Å². The van der Waals surface area contributed by atoms with Gasteiger partial charge in [0.2, 0.25) is 0 Å². The van der Waals surface area contributed by atoms with E-state index in [4.69, 9.17) is 0 Å². The summed E-state index contributed by atoms with van der Waals surface area (Å²) in [4.78, 5) is 0. The smallest absolute Gasteiger partial charge is 0.00235 e. The number of rotatable bonds is 2. The van der Waals surface area contributed by atoms with Gasteiger partial charge in [-0.15, -0.1) is 0 Å². The Kier molecular flexibility index (Phi) is 2.84. The normalized spacial score (nSPS) is 13.4. The van der Waals surface area contributed by atoms with E-state index in [-0.39, 0.29) is 0 Å². The summed E-state index contributed by atoms with van der Waals surface area (Å²) in [6, 6.07) is 24.8. The molecule has 0 nitrogen and oxygen atoms in total. The van der Waals surface area contributed by atoms with Crippen LogP contribution < -0.4 is 0 Å². The molecule has 0 saturated heterocycles. The molecular weight excluding hydrogens is 288 g/mol. The molecule has 5 rings (SSSR count). The van der Waals surface area contributed by atoms with Crippen LogP contribution in [-0.4, -0.2) is 0 Å². The average Bonchev–Trinajstić information content (AvgIpc) is 2.64. The molecule has 0 aliphatic rings. The number of hydrogen-bond acceptors (Lipinski definition) is 0. The zero-order chi connectivity index (χ0) is 16.3. The van der Waals surface area contributed by atoms with Crippen molar-refractivity contribution >= 4 is 43.1 Å². The molecule has 0 heteroatoms. The first kappa shape index (κ1) is 13.8. The quantitative estimate of drug-likeness (QED) is 0.238. The van der Waals surface area contributed by atoms with Crippen molar-refractivity contribution < 1.29 is 0 Å². The van der Waals surface area contributed by atoms with E-state index in [0.29, 0.717) is 5.92 Å². The van der Waals surface area contributed by atoms with Crippen LogP contribution in [0.3, 0.4) is 0 Å². The Morgan fingerprint density at radius 1 is 0.625 bits per heavy atom. The summed E-state index contributed by atoms with van der Waals surface area (Å²) in [6.07, 6.45) is 1.16. The molecule has 5 aromatic carbocycles. The van der Waals surface area contributed by atoms with Crippen molar-refractivity contribution in [3.63, 3.8) is 0 Å². The first-order chi connectivity index (χ1) is 11.8. The van der Waals surface area contributed by atoms with Gasteiger partial charge in [0.15, 0.2) is 0 Å². The Morgan fingerprint density at radius 2 is 1.21 bits per heavy atom. The third-order valence-electron chi connectivity index (χ3n) is 5.69. The van der Waals surface area contributed by atoms with E-state index in [2.05, 4.69) is 80.6 Å². The van der Waals surface area contributed by atoms with Gasteiger partial charge in [-0.3, -0.25) is 0 Å². The van der Waals surface area contributed by atoms with Crippen LogP contribution in [0.5, 0.6) is 0 Å². The SMILES string of the molecule is CCC(C)c1ccc2cccc3c4cccc5cccc(c1c23)c54. The molecule has 0 saturated carbocycles. The first-order valence-corrected chi connectivity index (χ1v) is 8.87. The van der Waals surface area contributed by atoms with E-state index in [1.807, 2.05) is 0 Å². The molecule has 0 aliphatic carbocycles. The minimum absolute atomic E-state index is 0.568. The molecule has 1 unspecified atom stereocenters. The van der Waals surface area contributed by atoms with Crippen molar-refractivity contribution in [2.75, 3.05) is 0 Å². The Hall–Kier alpha value is -2.60. The highest BCUT2D eigenvalue weighted by Crippen LogP contribution is 2.43. The van der Waals surface area contributed by atoms with E-state index < -0.39 is 0 Å². The van der Waals surface area contributed by atoms with Gasteiger partial charge in [-0.1, -0.05) is 80.6 Å². The zero-order valence-corrected chi connectivity index (χ0v) is 14.1. The van der Waals surface area contributed by atoms with Crippen LogP contribution in [0.25, 0.3) is 43.1 Å². The van der Waals surface area contributed by atoms with Crippen molar-refractivity contribution in [2.24, 2.45) is 0 Å². The standard InChI is InChI=1S/C24H20/c1-3-15(2)18-14-13-17-9-5-11-20-19-10-4-7-16-8-6-12-21(22(16)19)24(18)23(17)20/h4-15H,3H2,1-2H3. The summed E-state index contributed by atoms with van der Waals surface area (Å²) < 4.78 is 0. The summed E-state index contributed by atoms with van der Waals surface area (Å²) in [5.41, 5.74) is 1.49. The predicted octanol–water partition coefficient (Wildman–Crippen LogP) is 7.25. The molecule has 24 heavy (non-hydrogen) atoms. The largest absolute Gasteiger partial charge is 0.0648 e. The van der Waals surface area contributed by atoms with Gasteiger partial charge in [0.1, 0.15) is 0 Å². The second kappa shape index (κ2) is 4.95. The lowest BCUT2D eigenvalue weighted by Gasteiger charge is -2.19. The second-order valence-electron chi connectivity index (χ2n) is 6.95. The van der Waals surface area contributed by atoms with Gasteiger partial charge in [-0.05, 0) is 61.0 Å². The third kappa shape index (κ3) is 1.69. The Bertz CT molecular complexity index is 1190. The summed E-state index contributed by atoms with van der Waals surface area (Å²) in [7, 11) is 0. The van der Waals surface area contributed by atoms with Gasteiger partial charge >= 0.3 is 0 Å². The van der Waals surface area contributed by atoms with Crippen molar-refractivity contribution in [3.05, 3.63) is 72.3 Å². The fourth-order valence-electron chi connectivity index (χ4n) is 4.31. The highest BCUT2D eigenvalue weighted by Gasteiger charge is 2.17. The monoisotopic (exact) mass is 308 g/mol. The highest BCUT2D eigenvalue weighted by atomic mass is 14.2. The van der Waals surface area contributed by atoms with Gasteiger partial charge in [-0.2, -0.15) is 0 Å².